The molecule has 1 saturated carbocycles. The fourth-order valence-electron chi connectivity index (χ4n) is 2.52. The number of amides is 2. The molecule has 2 unspecified atom stereocenters. The van der Waals surface area contributed by atoms with Crippen molar-refractivity contribution in [2.24, 2.45) is 11.8 Å². The minimum atomic E-state index is -0.747. The van der Waals surface area contributed by atoms with E-state index in [0.29, 0.717) is 19.7 Å². The average molecular weight is 286 g/mol. The smallest absolute Gasteiger partial charge is 0.314 e. The molecule has 0 bridgehead atoms. The van der Waals surface area contributed by atoms with Gasteiger partial charge in [0.2, 0.25) is 0 Å². The van der Waals surface area contributed by atoms with E-state index in [0.717, 1.165) is 38.7 Å². The predicted molar refractivity (Wildman–Crippen MR) is 75.6 cm³/mol. The summed E-state index contributed by atoms with van der Waals surface area (Å²) in [5, 5.41) is 14.6. The lowest BCUT2D eigenvalue weighted by Crippen LogP contribution is -2.40. The number of carbonyl (C=O) groups excluding carboxylic acids is 1. The predicted octanol–water partition coefficient (Wildman–Crippen LogP) is 1.60. The minimum absolute atomic E-state index is 0.0612. The van der Waals surface area contributed by atoms with E-state index in [-0.39, 0.29) is 17.9 Å². The van der Waals surface area contributed by atoms with Crippen molar-refractivity contribution in [2.45, 2.75) is 39.0 Å². The molecule has 0 aromatic heterocycles. The highest BCUT2D eigenvalue weighted by Crippen LogP contribution is 2.31. The molecule has 1 rings (SSSR count). The molecule has 116 valence electrons. The Balaban J connectivity index is 2.06. The first-order chi connectivity index (χ1) is 9.65. The Labute approximate surface area is 120 Å². The SMILES string of the molecule is CCCOCCCNC(=O)NCC1CCCC1C(=O)O. The van der Waals surface area contributed by atoms with Crippen LogP contribution < -0.4 is 10.6 Å². The lowest BCUT2D eigenvalue weighted by molar-refractivity contribution is -0.142. The summed E-state index contributed by atoms with van der Waals surface area (Å²) in [4.78, 5) is 22.6. The third-order valence-electron chi connectivity index (χ3n) is 3.60. The van der Waals surface area contributed by atoms with Gasteiger partial charge in [0.05, 0.1) is 5.92 Å². The number of urea groups is 1. The first-order valence-corrected chi connectivity index (χ1v) is 7.47. The lowest BCUT2D eigenvalue weighted by atomic mass is 9.96. The number of aliphatic carboxylic acids is 1. The van der Waals surface area contributed by atoms with Gasteiger partial charge in [-0.2, -0.15) is 0 Å². The second kappa shape index (κ2) is 9.58. The second-order valence-corrected chi connectivity index (χ2v) is 5.24. The van der Waals surface area contributed by atoms with Gasteiger partial charge in [0.1, 0.15) is 0 Å². The van der Waals surface area contributed by atoms with Gasteiger partial charge in [-0.25, -0.2) is 4.79 Å². The molecule has 1 fully saturated rings. The molecular formula is C14H26N2O4. The van der Waals surface area contributed by atoms with Crippen molar-refractivity contribution in [3.05, 3.63) is 0 Å². The fraction of sp³-hybridized carbons (Fsp3) is 0.857. The van der Waals surface area contributed by atoms with Crippen LogP contribution >= 0.6 is 0 Å². The molecule has 6 heteroatoms. The number of ether oxygens (including phenoxy) is 1. The third-order valence-corrected chi connectivity index (χ3v) is 3.60. The zero-order valence-corrected chi connectivity index (χ0v) is 12.2. The minimum Gasteiger partial charge on any atom is -0.481 e. The van der Waals surface area contributed by atoms with Crippen LogP contribution in [0.15, 0.2) is 0 Å². The standard InChI is InChI=1S/C14H26N2O4/c1-2-8-20-9-4-7-15-14(19)16-10-11-5-3-6-12(11)13(17)18/h11-12H,2-10H2,1H3,(H,17,18)(H2,15,16,19). The maximum absolute atomic E-state index is 11.6. The summed E-state index contributed by atoms with van der Waals surface area (Å²) < 4.78 is 5.31. The van der Waals surface area contributed by atoms with Crippen LogP contribution in [0.5, 0.6) is 0 Å². The molecule has 3 N–H and O–H groups in total. The number of hydrogen-bond donors (Lipinski definition) is 3. The summed E-state index contributed by atoms with van der Waals surface area (Å²) in [6, 6.07) is -0.225. The van der Waals surface area contributed by atoms with Gasteiger partial charge in [-0.15, -0.1) is 0 Å². The van der Waals surface area contributed by atoms with Gasteiger partial charge in [0.25, 0.3) is 0 Å². The molecule has 6 nitrogen and oxygen atoms in total. The summed E-state index contributed by atoms with van der Waals surface area (Å²) in [6.07, 6.45) is 4.31. The molecule has 0 radical (unpaired) electrons. The summed E-state index contributed by atoms with van der Waals surface area (Å²) in [5.41, 5.74) is 0. The molecule has 0 saturated heterocycles. The molecule has 1 aliphatic carbocycles. The van der Waals surface area contributed by atoms with Crippen LogP contribution in [0.2, 0.25) is 0 Å². The Morgan fingerprint density at radius 1 is 1.25 bits per heavy atom. The zero-order valence-electron chi connectivity index (χ0n) is 12.2. The number of carboxylic acid groups (broad SMARTS) is 1. The van der Waals surface area contributed by atoms with Crippen molar-refractivity contribution in [1.82, 2.24) is 10.6 Å². The van der Waals surface area contributed by atoms with E-state index in [4.69, 9.17) is 9.84 Å². The van der Waals surface area contributed by atoms with Crippen LogP contribution in [0.1, 0.15) is 39.0 Å². The van der Waals surface area contributed by atoms with E-state index < -0.39 is 5.97 Å². The molecule has 0 spiro atoms. The molecular weight excluding hydrogens is 260 g/mol. The van der Waals surface area contributed by atoms with Gasteiger partial charge >= 0.3 is 12.0 Å². The van der Waals surface area contributed by atoms with Gasteiger partial charge in [-0.3, -0.25) is 4.79 Å². The number of carbonyl (C=O) groups is 2. The molecule has 20 heavy (non-hydrogen) atoms. The monoisotopic (exact) mass is 286 g/mol. The van der Waals surface area contributed by atoms with Crippen LogP contribution in [-0.2, 0) is 9.53 Å². The molecule has 0 aliphatic heterocycles. The van der Waals surface area contributed by atoms with Crippen molar-refractivity contribution in [3.63, 3.8) is 0 Å². The third kappa shape index (κ3) is 6.23. The van der Waals surface area contributed by atoms with Crippen molar-refractivity contribution in [3.8, 4) is 0 Å². The van der Waals surface area contributed by atoms with Crippen LogP contribution in [0.25, 0.3) is 0 Å². The highest BCUT2D eigenvalue weighted by molar-refractivity contribution is 5.74. The Hall–Kier alpha value is -1.30. The first kappa shape index (κ1) is 16.8. The molecule has 2 amide bonds. The topological polar surface area (TPSA) is 87.7 Å². The quantitative estimate of drug-likeness (QED) is 0.562. The summed E-state index contributed by atoms with van der Waals surface area (Å²) in [5.74, 6) is -0.994. The van der Waals surface area contributed by atoms with E-state index in [1.807, 2.05) is 0 Å². The Morgan fingerprint density at radius 3 is 2.75 bits per heavy atom. The maximum Gasteiger partial charge on any atom is 0.314 e. The Morgan fingerprint density at radius 2 is 2.05 bits per heavy atom. The highest BCUT2D eigenvalue weighted by Gasteiger charge is 2.32. The van der Waals surface area contributed by atoms with E-state index in [9.17, 15) is 9.59 Å². The second-order valence-electron chi connectivity index (χ2n) is 5.24. The van der Waals surface area contributed by atoms with E-state index in [2.05, 4.69) is 17.6 Å². The number of carboxylic acids is 1. The van der Waals surface area contributed by atoms with E-state index in [1.54, 1.807) is 0 Å². The van der Waals surface area contributed by atoms with Crippen LogP contribution in [0.3, 0.4) is 0 Å². The number of hydrogen-bond acceptors (Lipinski definition) is 3. The van der Waals surface area contributed by atoms with Crippen LogP contribution in [-0.4, -0.2) is 43.4 Å². The summed E-state index contributed by atoms with van der Waals surface area (Å²) >= 11 is 0. The average Bonchev–Trinajstić information content (AvgIpc) is 2.89. The van der Waals surface area contributed by atoms with Crippen LogP contribution in [0.4, 0.5) is 4.79 Å². The normalized spacial score (nSPS) is 21.6. The van der Waals surface area contributed by atoms with Crippen molar-refractivity contribution in [1.29, 1.82) is 0 Å². The van der Waals surface area contributed by atoms with Crippen molar-refractivity contribution in [2.75, 3.05) is 26.3 Å². The van der Waals surface area contributed by atoms with Crippen LogP contribution in [0, 0.1) is 11.8 Å². The van der Waals surface area contributed by atoms with E-state index in [1.165, 1.54) is 0 Å². The molecule has 2 atom stereocenters. The zero-order chi connectivity index (χ0) is 14.8. The van der Waals surface area contributed by atoms with Gasteiger partial charge in [0.15, 0.2) is 0 Å². The molecule has 1 aliphatic rings. The fourth-order valence-corrected chi connectivity index (χ4v) is 2.52. The van der Waals surface area contributed by atoms with Gasteiger partial charge in [-0.05, 0) is 31.6 Å². The highest BCUT2D eigenvalue weighted by atomic mass is 16.5. The van der Waals surface area contributed by atoms with Crippen molar-refractivity contribution >= 4 is 12.0 Å². The lowest BCUT2D eigenvalue weighted by Gasteiger charge is -2.16. The first-order valence-electron chi connectivity index (χ1n) is 7.47. The van der Waals surface area contributed by atoms with Gasteiger partial charge in [0, 0.05) is 26.3 Å². The molecule has 0 aromatic rings. The Kier molecular flexibility index (Phi) is 8.02. The Bertz CT molecular complexity index is 310. The molecule has 0 heterocycles. The summed E-state index contributed by atoms with van der Waals surface area (Å²) in [7, 11) is 0. The molecule has 0 aromatic carbocycles. The summed E-state index contributed by atoms with van der Waals surface area (Å²) in [6.45, 7) is 4.47. The number of rotatable bonds is 9. The maximum atomic E-state index is 11.6. The largest absolute Gasteiger partial charge is 0.481 e. The van der Waals surface area contributed by atoms with E-state index >= 15 is 0 Å². The van der Waals surface area contributed by atoms with Gasteiger partial charge in [-0.1, -0.05) is 13.3 Å². The van der Waals surface area contributed by atoms with Gasteiger partial charge < -0.3 is 20.5 Å². The number of nitrogens with one attached hydrogen (secondary N) is 2. The van der Waals surface area contributed by atoms with Crippen molar-refractivity contribution < 1.29 is 19.4 Å².